The van der Waals surface area contributed by atoms with Crippen LogP contribution in [0, 0.1) is 0 Å². The maximum atomic E-state index is 3.77. The van der Waals surface area contributed by atoms with Gasteiger partial charge in [-0.1, -0.05) is 28.6 Å². The van der Waals surface area contributed by atoms with E-state index in [-0.39, 0.29) is 0 Å². The number of halogens is 1. The number of nitrogens with zero attached hydrogens (tertiary/aromatic N) is 1. The van der Waals surface area contributed by atoms with Crippen molar-refractivity contribution in [2.45, 2.75) is 0 Å². The van der Waals surface area contributed by atoms with Crippen LogP contribution < -0.4 is 10.2 Å². The van der Waals surface area contributed by atoms with Gasteiger partial charge in [-0.15, -0.1) is 0 Å². The smallest absolute Gasteiger partial charge is 0.0460 e. The molecule has 0 fully saturated rings. The van der Waals surface area contributed by atoms with Gasteiger partial charge in [0.05, 0.1) is 0 Å². The van der Waals surface area contributed by atoms with E-state index in [1.54, 1.807) is 0 Å². The van der Waals surface area contributed by atoms with Gasteiger partial charge in [-0.25, -0.2) is 0 Å². The van der Waals surface area contributed by atoms with Gasteiger partial charge in [0.1, 0.15) is 0 Å². The molecule has 0 saturated carbocycles. The molecular formula is C11H15BrN2. The minimum atomic E-state index is 0.747. The first-order chi connectivity index (χ1) is 6.59. The average Bonchev–Trinajstić information content (AvgIpc) is 2.15. The average molecular weight is 255 g/mol. The van der Waals surface area contributed by atoms with Crippen LogP contribution in [-0.2, 0) is 0 Å². The largest absolute Gasteiger partial charge is 0.380 e. The molecule has 0 amide bonds. The van der Waals surface area contributed by atoms with E-state index >= 15 is 0 Å². The van der Waals surface area contributed by atoms with Gasteiger partial charge in [0.15, 0.2) is 0 Å². The highest BCUT2D eigenvalue weighted by Crippen LogP contribution is 2.17. The summed E-state index contributed by atoms with van der Waals surface area (Å²) in [4.78, 5) is 2.08. The van der Waals surface area contributed by atoms with E-state index in [2.05, 4.69) is 44.9 Å². The van der Waals surface area contributed by atoms with E-state index in [1.807, 2.05) is 26.2 Å². The minimum Gasteiger partial charge on any atom is -0.380 e. The quantitative estimate of drug-likeness (QED) is 0.889. The number of nitrogens with one attached hydrogen (secondary N) is 1. The summed E-state index contributed by atoms with van der Waals surface area (Å²) in [7, 11) is 4.06. The van der Waals surface area contributed by atoms with Crippen molar-refractivity contribution in [3.05, 3.63) is 35.3 Å². The Hall–Kier alpha value is -0.960. The number of hydrogen-bond acceptors (Lipinski definition) is 2. The Kier molecular flexibility index (Phi) is 4.01. The Morgan fingerprint density at radius 1 is 1.50 bits per heavy atom. The Labute approximate surface area is 93.7 Å². The van der Waals surface area contributed by atoms with Crippen LogP contribution in [0.1, 0.15) is 0 Å². The molecule has 0 spiro atoms. The minimum absolute atomic E-state index is 0.747. The van der Waals surface area contributed by atoms with E-state index in [1.165, 1.54) is 5.69 Å². The third-order valence-electron chi connectivity index (χ3n) is 1.85. The van der Waals surface area contributed by atoms with Gasteiger partial charge in [-0.3, -0.25) is 0 Å². The standard InChI is InChI=1S/C11H15BrN2/c1-9(12)8-13-10-5-4-6-11(7-10)14(2)3/h4-7,13H,1,8H2,2-3H3. The summed E-state index contributed by atoms with van der Waals surface area (Å²) in [6, 6.07) is 8.27. The zero-order chi connectivity index (χ0) is 10.6. The van der Waals surface area contributed by atoms with Gasteiger partial charge in [0.2, 0.25) is 0 Å². The first kappa shape index (κ1) is 11.1. The SMILES string of the molecule is C=C(Br)CNc1cccc(N(C)C)c1. The molecule has 0 radical (unpaired) electrons. The molecule has 2 nitrogen and oxygen atoms in total. The summed E-state index contributed by atoms with van der Waals surface area (Å²) in [5, 5.41) is 3.27. The molecule has 1 N–H and O–H groups in total. The molecule has 0 aromatic heterocycles. The maximum Gasteiger partial charge on any atom is 0.0460 e. The molecule has 0 heterocycles. The Bertz CT molecular complexity index is 321. The molecule has 76 valence electrons. The maximum absolute atomic E-state index is 3.77. The van der Waals surface area contributed by atoms with E-state index in [0.29, 0.717) is 0 Å². The highest BCUT2D eigenvalue weighted by atomic mass is 79.9. The lowest BCUT2D eigenvalue weighted by atomic mass is 10.2. The zero-order valence-electron chi connectivity index (χ0n) is 8.55. The van der Waals surface area contributed by atoms with Gasteiger partial charge in [-0.2, -0.15) is 0 Å². The van der Waals surface area contributed by atoms with Crippen molar-refractivity contribution in [2.75, 3.05) is 30.9 Å². The molecular weight excluding hydrogens is 240 g/mol. The van der Waals surface area contributed by atoms with E-state index in [9.17, 15) is 0 Å². The van der Waals surface area contributed by atoms with Crippen LogP contribution in [0.15, 0.2) is 35.3 Å². The van der Waals surface area contributed by atoms with Crippen LogP contribution in [-0.4, -0.2) is 20.6 Å². The Morgan fingerprint density at radius 2 is 2.21 bits per heavy atom. The fourth-order valence-electron chi connectivity index (χ4n) is 1.09. The topological polar surface area (TPSA) is 15.3 Å². The van der Waals surface area contributed by atoms with Crippen molar-refractivity contribution in [3.63, 3.8) is 0 Å². The van der Waals surface area contributed by atoms with Crippen LogP contribution in [0.5, 0.6) is 0 Å². The summed E-state index contributed by atoms with van der Waals surface area (Å²) in [6.07, 6.45) is 0. The number of hydrogen-bond donors (Lipinski definition) is 1. The molecule has 1 aromatic carbocycles. The monoisotopic (exact) mass is 254 g/mol. The van der Waals surface area contributed by atoms with Crippen LogP contribution in [0.3, 0.4) is 0 Å². The van der Waals surface area contributed by atoms with Gasteiger partial charge < -0.3 is 10.2 Å². The van der Waals surface area contributed by atoms with E-state index < -0.39 is 0 Å². The highest BCUT2D eigenvalue weighted by Gasteiger charge is 1.96. The van der Waals surface area contributed by atoms with Crippen molar-refractivity contribution < 1.29 is 0 Å². The van der Waals surface area contributed by atoms with Crippen LogP contribution in [0.25, 0.3) is 0 Å². The highest BCUT2D eigenvalue weighted by molar-refractivity contribution is 9.11. The lowest BCUT2D eigenvalue weighted by molar-refractivity contribution is 1.13. The van der Waals surface area contributed by atoms with Gasteiger partial charge in [0.25, 0.3) is 0 Å². The normalized spacial score (nSPS) is 9.64. The van der Waals surface area contributed by atoms with Gasteiger partial charge >= 0.3 is 0 Å². The van der Waals surface area contributed by atoms with Crippen LogP contribution in [0.2, 0.25) is 0 Å². The van der Waals surface area contributed by atoms with E-state index in [0.717, 1.165) is 16.7 Å². The van der Waals surface area contributed by atoms with Crippen molar-refractivity contribution in [1.82, 2.24) is 0 Å². The fourth-order valence-corrected chi connectivity index (χ4v) is 1.23. The zero-order valence-corrected chi connectivity index (χ0v) is 10.1. The van der Waals surface area contributed by atoms with Crippen molar-refractivity contribution in [1.29, 1.82) is 0 Å². The Balaban J connectivity index is 2.68. The summed E-state index contributed by atoms with van der Waals surface area (Å²) in [5.74, 6) is 0. The van der Waals surface area contributed by atoms with Crippen molar-refractivity contribution >= 4 is 27.3 Å². The molecule has 0 bridgehead atoms. The predicted octanol–water partition coefficient (Wildman–Crippen LogP) is 3.07. The lowest BCUT2D eigenvalue weighted by Crippen LogP contribution is -2.09. The Morgan fingerprint density at radius 3 is 2.79 bits per heavy atom. The summed E-state index contributed by atoms with van der Waals surface area (Å²) in [5.41, 5.74) is 2.30. The molecule has 0 aliphatic carbocycles. The second kappa shape index (κ2) is 5.05. The number of rotatable bonds is 4. The predicted molar refractivity (Wildman–Crippen MR) is 67.3 cm³/mol. The second-order valence-electron chi connectivity index (χ2n) is 3.32. The molecule has 0 atom stereocenters. The fraction of sp³-hybridized carbons (Fsp3) is 0.273. The van der Waals surface area contributed by atoms with Crippen molar-refractivity contribution in [3.8, 4) is 0 Å². The number of anilines is 2. The van der Waals surface area contributed by atoms with Gasteiger partial charge in [-0.05, 0) is 18.2 Å². The first-order valence-electron chi connectivity index (χ1n) is 4.44. The molecule has 1 aromatic rings. The third-order valence-corrected chi connectivity index (χ3v) is 2.13. The molecule has 3 heteroatoms. The van der Waals surface area contributed by atoms with Crippen LogP contribution in [0.4, 0.5) is 11.4 Å². The summed E-state index contributed by atoms with van der Waals surface area (Å²) in [6.45, 7) is 4.52. The molecule has 0 aliphatic heterocycles. The third kappa shape index (κ3) is 3.42. The second-order valence-corrected chi connectivity index (χ2v) is 4.44. The lowest BCUT2D eigenvalue weighted by Gasteiger charge is -2.14. The summed E-state index contributed by atoms with van der Waals surface area (Å²) < 4.78 is 0.952. The molecule has 14 heavy (non-hydrogen) atoms. The molecule has 0 aliphatic rings. The van der Waals surface area contributed by atoms with Crippen LogP contribution >= 0.6 is 15.9 Å². The molecule has 0 saturated heterocycles. The molecule has 1 rings (SSSR count). The first-order valence-corrected chi connectivity index (χ1v) is 5.23. The summed E-state index contributed by atoms with van der Waals surface area (Å²) >= 11 is 3.31. The number of benzene rings is 1. The van der Waals surface area contributed by atoms with E-state index in [4.69, 9.17) is 0 Å². The van der Waals surface area contributed by atoms with Crippen molar-refractivity contribution in [2.24, 2.45) is 0 Å². The van der Waals surface area contributed by atoms with Gasteiger partial charge in [0, 0.05) is 36.5 Å². The molecule has 0 unspecified atom stereocenters.